The van der Waals surface area contributed by atoms with Crippen LogP contribution >= 0.6 is 0 Å². The summed E-state index contributed by atoms with van der Waals surface area (Å²) >= 11 is 0. The molecule has 1 fully saturated rings. The molecule has 2 N–H and O–H groups in total. The Morgan fingerprint density at radius 1 is 1.44 bits per heavy atom. The third-order valence-corrected chi connectivity index (χ3v) is 3.96. The Morgan fingerprint density at radius 3 is 2.72 bits per heavy atom. The highest BCUT2D eigenvalue weighted by Gasteiger charge is 2.35. The number of phenolic OH excluding ortho intramolecular Hbond substituents is 1. The Morgan fingerprint density at radius 2 is 2.17 bits per heavy atom. The summed E-state index contributed by atoms with van der Waals surface area (Å²) in [6.45, 7) is 6.25. The number of aryl methyl sites for hydroxylation is 1. The van der Waals surface area contributed by atoms with E-state index in [0.717, 1.165) is 24.8 Å². The molecule has 1 unspecified atom stereocenters. The fourth-order valence-electron chi connectivity index (χ4n) is 2.66. The lowest BCUT2D eigenvalue weighted by Gasteiger charge is -2.27. The van der Waals surface area contributed by atoms with Crippen molar-refractivity contribution in [1.29, 1.82) is 0 Å². The molecule has 0 radical (unpaired) electrons. The van der Waals surface area contributed by atoms with Crippen molar-refractivity contribution in [3.8, 4) is 5.75 Å². The van der Waals surface area contributed by atoms with Gasteiger partial charge in [-0.05, 0) is 42.9 Å². The van der Waals surface area contributed by atoms with Crippen LogP contribution in [-0.4, -0.2) is 17.1 Å². The van der Waals surface area contributed by atoms with E-state index in [4.69, 9.17) is 0 Å². The number of benzene rings is 1. The second-order valence-electron chi connectivity index (χ2n) is 5.93. The van der Waals surface area contributed by atoms with Crippen LogP contribution in [0.15, 0.2) is 18.2 Å². The number of amides is 1. The summed E-state index contributed by atoms with van der Waals surface area (Å²) in [7, 11) is 0. The minimum Gasteiger partial charge on any atom is -0.507 e. The minimum absolute atomic E-state index is 0.0586. The summed E-state index contributed by atoms with van der Waals surface area (Å²) in [5.74, 6) is -0.115. The molecule has 18 heavy (non-hydrogen) atoms. The smallest absolute Gasteiger partial charge is 0.255 e. The maximum Gasteiger partial charge on any atom is 0.255 e. The molecule has 1 aliphatic rings. The number of rotatable bonds is 2. The second kappa shape index (κ2) is 4.63. The highest BCUT2D eigenvalue weighted by Crippen LogP contribution is 2.37. The van der Waals surface area contributed by atoms with Gasteiger partial charge in [0.15, 0.2) is 0 Å². The van der Waals surface area contributed by atoms with E-state index in [1.165, 1.54) is 0 Å². The summed E-state index contributed by atoms with van der Waals surface area (Å²) in [4.78, 5) is 12.1. The monoisotopic (exact) mass is 247 g/mol. The van der Waals surface area contributed by atoms with E-state index < -0.39 is 0 Å². The first-order valence-corrected chi connectivity index (χ1v) is 6.50. The maximum atomic E-state index is 12.1. The van der Waals surface area contributed by atoms with E-state index in [1.54, 1.807) is 12.1 Å². The predicted molar refractivity (Wildman–Crippen MR) is 71.7 cm³/mol. The average molecular weight is 247 g/mol. The minimum atomic E-state index is -0.174. The van der Waals surface area contributed by atoms with Gasteiger partial charge in [-0.1, -0.05) is 26.3 Å². The van der Waals surface area contributed by atoms with Crippen LogP contribution in [0.5, 0.6) is 5.75 Å². The number of aromatic hydroxyl groups is 1. The molecule has 0 aliphatic heterocycles. The number of hydrogen-bond acceptors (Lipinski definition) is 2. The van der Waals surface area contributed by atoms with E-state index in [1.807, 2.05) is 13.0 Å². The van der Waals surface area contributed by atoms with E-state index >= 15 is 0 Å². The highest BCUT2D eigenvalue weighted by molar-refractivity contribution is 5.97. The molecule has 1 amide bonds. The fourth-order valence-corrected chi connectivity index (χ4v) is 2.66. The van der Waals surface area contributed by atoms with Crippen molar-refractivity contribution in [1.82, 2.24) is 5.32 Å². The van der Waals surface area contributed by atoms with Gasteiger partial charge in [-0.25, -0.2) is 0 Å². The number of carbonyl (C=O) groups is 1. The molecule has 3 nitrogen and oxygen atoms in total. The first kappa shape index (κ1) is 12.9. The van der Waals surface area contributed by atoms with Gasteiger partial charge in [-0.15, -0.1) is 0 Å². The molecule has 0 spiro atoms. The Hall–Kier alpha value is -1.51. The SMILES string of the molecule is Cc1ccc(C(=O)NC2CCCC2(C)C)c(O)c1. The van der Waals surface area contributed by atoms with Crippen LogP contribution in [-0.2, 0) is 0 Å². The summed E-state index contributed by atoms with van der Waals surface area (Å²) in [6, 6.07) is 5.34. The molecule has 0 bridgehead atoms. The Balaban J connectivity index is 2.13. The Bertz CT molecular complexity index is 466. The van der Waals surface area contributed by atoms with E-state index in [9.17, 15) is 9.90 Å². The number of hydrogen-bond donors (Lipinski definition) is 2. The third-order valence-electron chi connectivity index (χ3n) is 3.96. The first-order chi connectivity index (χ1) is 8.40. The van der Waals surface area contributed by atoms with Gasteiger partial charge in [0.05, 0.1) is 5.56 Å². The van der Waals surface area contributed by atoms with Crippen molar-refractivity contribution in [3.63, 3.8) is 0 Å². The van der Waals surface area contributed by atoms with Gasteiger partial charge >= 0.3 is 0 Å². The number of carbonyl (C=O) groups excluding carboxylic acids is 1. The maximum absolute atomic E-state index is 12.1. The molecule has 3 heteroatoms. The van der Waals surface area contributed by atoms with Crippen molar-refractivity contribution in [2.45, 2.75) is 46.1 Å². The second-order valence-corrected chi connectivity index (χ2v) is 5.93. The predicted octanol–water partition coefficient (Wildman–Crippen LogP) is 3.01. The van der Waals surface area contributed by atoms with Crippen molar-refractivity contribution < 1.29 is 9.90 Å². The van der Waals surface area contributed by atoms with Gasteiger partial charge in [0.25, 0.3) is 5.91 Å². The topological polar surface area (TPSA) is 49.3 Å². The Labute approximate surface area is 108 Å². The van der Waals surface area contributed by atoms with E-state index in [2.05, 4.69) is 19.2 Å². The zero-order valence-electron chi connectivity index (χ0n) is 11.3. The number of nitrogens with one attached hydrogen (secondary N) is 1. The van der Waals surface area contributed by atoms with Crippen LogP contribution in [0, 0.1) is 12.3 Å². The molecule has 2 rings (SSSR count). The molecule has 0 aromatic heterocycles. The molecular formula is C15H21NO2. The average Bonchev–Trinajstić information content (AvgIpc) is 2.58. The quantitative estimate of drug-likeness (QED) is 0.844. The molecule has 1 aromatic carbocycles. The molecule has 1 aromatic rings. The van der Waals surface area contributed by atoms with Crippen LogP contribution in [0.3, 0.4) is 0 Å². The highest BCUT2D eigenvalue weighted by atomic mass is 16.3. The molecule has 1 atom stereocenters. The third kappa shape index (κ3) is 2.50. The van der Waals surface area contributed by atoms with Gasteiger partial charge in [0, 0.05) is 6.04 Å². The van der Waals surface area contributed by atoms with Crippen LogP contribution in [0.1, 0.15) is 49.0 Å². The van der Waals surface area contributed by atoms with E-state index in [-0.39, 0.29) is 23.1 Å². The van der Waals surface area contributed by atoms with Crippen molar-refractivity contribution >= 4 is 5.91 Å². The van der Waals surface area contributed by atoms with Crippen molar-refractivity contribution in [2.75, 3.05) is 0 Å². The van der Waals surface area contributed by atoms with E-state index in [0.29, 0.717) is 5.56 Å². The zero-order valence-corrected chi connectivity index (χ0v) is 11.3. The van der Waals surface area contributed by atoms with Crippen LogP contribution in [0.2, 0.25) is 0 Å². The number of phenols is 1. The van der Waals surface area contributed by atoms with Crippen LogP contribution in [0.4, 0.5) is 0 Å². The zero-order chi connectivity index (χ0) is 13.3. The normalized spacial score (nSPS) is 21.8. The first-order valence-electron chi connectivity index (χ1n) is 6.50. The molecule has 0 heterocycles. The summed E-state index contributed by atoms with van der Waals surface area (Å²) < 4.78 is 0. The standard InChI is InChI=1S/C15H21NO2/c1-10-6-7-11(12(17)9-10)14(18)16-13-5-4-8-15(13,2)3/h6-7,9,13,17H,4-5,8H2,1-3H3,(H,16,18). The molecule has 98 valence electrons. The summed E-state index contributed by atoms with van der Waals surface area (Å²) in [5, 5.41) is 12.9. The lowest BCUT2D eigenvalue weighted by atomic mass is 9.87. The van der Waals surface area contributed by atoms with Crippen molar-refractivity contribution in [3.05, 3.63) is 29.3 Å². The fraction of sp³-hybridized carbons (Fsp3) is 0.533. The molecule has 0 saturated heterocycles. The van der Waals surface area contributed by atoms with Gasteiger partial charge in [-0.2, -0.15) is 0 Å². The van der Waals surface area contributed by atoms with Crippen LogP contribution < -0.4 is 5.32 Å². The molecule has 1 aliphatic carbocycles. The lowest BCUT2D eigenvalue weighted by Crippen LogP contribution is -2.41. The van der Waals surface area contributed by atoms with Crippen molar-refractivity contribution in [2.24, 2.45) is 5.41 Å². The van der Waals surface area contributed by atoms with Gasteiger partial charge in [0.1, 0.15) is 5.75 Å². The molecule has 1 saturated carbocycles. The molecular weight excluding hydrogens is 226 g/mol. The van der Waals surface area contributed by atoms with Gasteiger partial charge in [-0.3, -0.25) is 4.79 Å². The van der Waals surface area contributed by atoms with Gasteiger partial charge in [0.2, 0.25) is 0 Å². The Kier molecular flexibility index (Phi) is 3.33. The summed E-state index contributed by atoms with van der Waals surface area (Å²) in [6.07, 6.45) is 3.31. The lowest BCUT2D eigenvalue weighted by molar-refractivity contribution is 0.0907. The van der Waals surface area contributed by atoms with Crippen LogP contribution in [0.25, 0.3) is 0 Å². The van der Waals surface area contributed by atoms with Gasteiger partial charge < -0.3 is 10.4 Å². The largest absolute Gasteiger partial charge is 0.507 e. The summed E-state index contributed by atoms with van der Waals surface area (Å²) in [5.41, 5.74) is 1.46.